The molecule has 2 aliphatic carbocycles. The Morgan fingerprint density at radius 3 is 2.15 bits per heavy atom. The Morgan fingerprint density at radius 1 is 0.735 bits per heavy atom. The largest absolute Gasteiger partial charge is 0.0853 e. The lowest BCUT2D eigenvalue weighted by atomic mass is 9.66. The smallest absolute Gasteiger partial charge is 0.0125 e. The zero-order valence-corrected chi connectivity index (χ0v) is 23.0. The molecule has 0 amide bonds. The fourth-order valence-electron chi connectivity index (χ4n) is 6.84. The monoisotopic (exact) mass is 464 g/mol. The van der Waals surface area contributed by atoms with Crippen LogP contribution in [-0.2, 0) is 6.42 Å². The molecule has 2 aliphatic rings. The minimum Gasteiger partial charge on any atom is -0.0853 e. The van der Waals surface area contributed by atoms with E-state index in [1.165, 1.54) is 141 Å². The Morgan fingerprint density at radius 2 is 1.47 bits per heavy atom. The fraction of sp³-hybridized carbons (Fsp3) is 0.765. The lowest BCUT2D eigenvalue weighted by Crippen LogP contribution is -2.25. The minimum absolute atomic E-state index is 0.657. The molecule has 192 valence electrons. The van der Waals surface area contributed by atoms with E-state index in [9.17, 15) is 0 Å². The summed E-state index contributed by atoms with van der Waals surface area (Å²) in [4.78, 5) is 0. The van der Waals surface area contributed by atoms with Crippen LogP contribution in [0.4, 0.5) is 0 Å². The summed E-state index contributed by atoms with van der Waals surface area (Å²) in [5.74, 6) is 0.730. The van der Waals surface area contributed by atoms with Crippen LogP contribution in [0.3, 0.4) is 0 Å². The highest BCUT2D eigenvalue weighted by Crippen LogP contribution is 2.47. The summed E-state index contributed by atoms with van der Waals surface area (Å²) >= 11 is 0. The SMILES string of the molecule is CCCCCCc1ccc(C(CCC2(CCCCCC)CCCCC2)CC2=CCCCC2)cc1. The van der Waals surface area contributed by atoms with Crippen molar-refractivity contribution < 1.29 is 0 Å². The molecule has 1 saturated carbocycles. The first-order valence-electron chi connectivity index (χ1n) is 15.5. The molecule has 0 heteroatoms. The van der Waals surface area contributed by atoms with E-state index in [4.69, 9.17) is 0 Å². The highest BCUT2D eigenvalue weighted by atomic mass is 14.4. The summed E-state index contributed by atoms with van der Waals surface area (Å²) < 4.78 is 0. The standard InChI is InChI=1S/C34H56/c1-3-5-7-11-17-30-20-22-32(23-21-30)33(29-31-18-12-9-13-19-31)24-28-34(25-14-8-6-4-2)26-15-10-16-27-34/h18,20-23,33H,3-17,19,24-29H2,1-2H3. The number of rotatable bonds is 16. The molecule has 0 radical (unpaired) electrons. The average Bonchev–Trinajstić information content (AvgIpc) is 2.89. The van der Waals surface area contributed by atoms with Crippen LogP contribution in [0.25, 0.3) is 0 Å². The number of aryl methyl sites for hydroxylation is 1. The molecule has 0 bridgehead atoms. The molecule has 0 aromatic heterocycles. The van der Waals surface area contributed by atoms with E-state index in [1.54, 1.807) is 16.7 Å². The highest BCUT2D eigenvalue weighted by molar-refractivity contribution is 5.27. The third-order valence-electron chi connectivity index (χ3n) is 9.16. The van der Waals surface area contributed by atoms with Gasteiger partial charge in [0.2, 0.25) is 0 Å². The molecule has 1 atom stereocenters. The van der Waals surface area contributed by atoms with Crippen molar-refractivity contribution in [1.82, 2.24) is 0 Å². The van der Waals surface area contributed by atoms with Gasteiger partial charge in [-0.2, -0.15) is 0 Å². The van der Waals surface area contributed by atoms with Crippen molar-refractivity contribution >= 4 is 0 Å². The van der Waals surface area contributed by atoms with Gasteiger partial charge < -0.3 is 0 Å². The number of hydrogen-bond donors (Lipinski definition) is 0. The number of allylic oxidation sites excluding steroid dienone is 2. The Hall–Kier alpha value is -1.04. The molecule has 1 aromatic rings. The summed E-state index contributed by atoms with van der Waals surface area (Å²) in [6.07, 6.45) is 33.7. The summed E-state index contributed by atoms with van der Waals surface area (Å²) in [6.45, 7) is 4.65. The number of benzene rings is 1. The Labute approximate surface area is 213 Å². The molecule has 3 rings (SSSR count). The Kier molecular flexibility index (Phi) is 12.8. The summed E-state index contributed by atoms with van der Waals surface area (Å²) in [6, 6.07) is 9.95. The van der Waals surface area contributed by atoms with Crippen LogP contribution in [0.5, 0.6) is 0 Å². The van der Waals surface area contributed by atoms with Gasteiger partial charge in [-0.05, 0) is 99.5 Å². The maximum atomic E-state index is 2.60. The van der Waals surface area contributed by atoms with Crippen molar-refractivity contribution in [2.24, 2.45) is 5.41 Å². The van der Waals surface area contributed by atoms with Crippen molar-refractivity contribution in [2.45, 2.75) is 161 Å². The average molecular weight is 465 g/mol. The second-order valence-corrected chi connectivity index (χ2v) is 12.0. The van der Waals surface area contributed by atoms with E-state index in [2.05, 4.69) is 44.2 Å². The minimum atomic E-state index is 0.657. The molecule has 1 fully saturated rings. The van der Waals surface area contributed by atoms with Gasteiger partial charge in [0.05, 0.1) is 0 Å². The molecule has 34 heavy (non-hydrogen) atoms. The van der Waals surface area contributed by atoms with Gasteiger partial charge >= 0.3 is 0 Å². The van der Waals surface area contributed by atoms with Gasteiger partial charge in [-0.3, -0.25) is 0 Å². The first-order valence-corrected chi connectivity index (χ1v) is 15.5. The van der Waals surface area contributed by atoms with Gasteiger partial charge in [-0.15, -0.1) is 0 Å². The first kappa shape index (κ1) is 27.5. The second kappa shape index (κ2) is 15.9. The molecule has 0 heterocycles. The molecular formula is C34H56. The van der Waals surface area contributed by atoms with Crippen molar-refractivity contribution in [1.29, 1.82) is 0 Å². The fourth-order valence-corrected chi connectivity index (χ4v) is 6.84. The lowest BCUT2D eigenvalue weighted by molar-refractivity contribution is 0.144. The maximum absolute atomic E-state index is 2.60. The highest BCUT2D eigenvalue weighted by Gasteiger charge is 2.32. The van der Waals surface area contributed by atoms with Crippen LogP contribution in [0.1, 0.15) is 166 Å². The molecule has 0 N–H and O–H groups in total. The van der Waals surface area contributed by atoms with Crippen LogP contribution >= 0.6 is 0 Å². The van der Waals surface area contributed by atoms with Gasteiger partial charge in [0, 0.05) is 0 Å². The van der Waals surface area contributed by atoms with Crippen molar-refractivity contribution in [3.8, 4) is 0 Å². The number of hydrogen-bond acceptors (Lipinski definition) is 0. The van der Waals surface area contributed by atoms with E-state index < -0.39 is 0 Å². The predicted octanol–water partition coefficient (Wildman–Crippen LogP) is 11.5. The first-order chi connectivity index (χ1) is 16.7. The van der Waals surface area contributed by atoms with Gasteiger partial charge in [0.1, 0.15) is 0 Å². The molecular weight excluding hydrogens is 408 g/mol. The Balaban J connectivity index is 1.65. The number of unbranched alkanes of at least 4 members (excludes halogenated alkanes) is 6. The summed E-state index contributed by atoms with van der Waals surface area (Å²) in [5.41, 5.74) is 5.60. The molecule has 0 spiro atoms. The van der Waals surface area contributed by atoms with E-state index in [-0.39, 0.29) is 0 Å². The topological polar surface area (TPSA) is 0 Å². The van der Waals surface area contributed by atoms with Crippen LogP contribution in [-0.4, -0.2) is 0 Å². The van der Waals surface area contributed by atoms with Gasteiger partial charge in [0.25, 0.3) is 0 Å². The van der Waals surface area contributed by atoms with Gasteiger partial charge in [0.15, 0.2) is 0 Å². The lowest BCUT2D eigenvalue weighted by Gasteiger charge is -2.39. The van der Waals surface area contributed by atoms with Crippen LogP contribution in [0.15, 0.2) is 35.9 Å². The normalized spacial score (nSPS) is 19.1. The van der Waals surface area contributed by atoms with Crippen molar-refractivity contribution in [3.05, 3.63) is 47.0 Å². The van der Waals surface area contributed by atoms with Crippen LogP contribution < -0.4 is 0 Å². The maximum Gasteiger partial charge on any atom is -0.0125 e. The van der Waals surface area contributed by atoms with E-state index >= 15 is 0 Å². The summed E-state index contributed by atoms with van der Waals surface area (Å²) in [7, 11) is 0. The summed E-state index contributed by atoms with van der Waals surface area (Å²) in [5, 5.41) is 0. The van der Waals surface area contributed by atoms with Crippen molar-refractivity contribution in [3.63, 3.8) is 0 Å². The Bertz CT molecular complexity index is 672. The molecule has 0 nitrogen and oxygen atoms in total. The molecule has 0 aliphatic heterocycles. The van der Waals surface area contributed by atoms with Crippen LogP contribution in [0, 0.1) is 5.41 Å². The molecule has 0 saturated heterocycles. The van der Waals surface area contributed by atoms with E-state index in [0.29, 0.717) is 5.41 Å². The van der Waals surface area contributed by atoms with E-state index in [0.717, 1.165) is 5.92 Å². The second-order valence-electron chi connectivity index (χ2n) is 12.0. The zero-order valence-electron chi connectivity index (χ0n) is 23.0. The predicted molar refractivity (Wildman–Crippen MR) is 152 cm³/mol. The molecule has 1 aromatic carbocycles. The third kappa shape index (κ3) is 9.54. The third-order valence-corrected chi connectivity index (χ3v) is 9.16. The van der Waals surface area contributed by atoms with Gasteiger partial charge in [-0.25, -0.2) is 0 Å². The zero-order chi connectivity index (χ0) is 23.9. The quantitative estimate of drug-likeness (QED) is 0.168. The van der Waals surface area contributed by atoms with Crippen LogP contribution in [0.2, 0.25) is 0 Å². The molecule has 1 unspecified atom stereocenters. The van der Waals surface area contributed by atoms with Crippen molar-refractivity contribution in [2.75, 3.05) is 0 Å². The van der Waals surface area contributed by atoms with Gasteiger partial charge in [-0.1, -0.05) is 114 Å². The van der Waals surface area contributed by atoms with E-state index in [1.807, 2.05) is 0 Å².